The minimum Gasteiger partial charge on any atom is -0.326 e. The lowest BCUT2D eigenvalue weighted by atomic mass is 10.0. The Kier molecular flexibility index (Phi) is 3.72. The molecule has 1 aliphatic rings. The van der Waals surface area contributed by atoms with Gasteiger partial charge in [0.2, 0.25) is 5.91 Å². The Balaban J connectivity index is 2.30. The highest BCUT2D eigenvalue weighted by Crippen LogP contribution is 2.12. The fourth-order valence-electron chi connectivity index (χ4n) is 1.61. The first kappa shape index (κ1) is 10.5. The molecule has 0 aromatic carbocycles. The van der Waals surface area contributed by atoms with Gasteiger partial charge in [-0.2, -0.15) is 0 Å². The Morgan fingerprint density at radius 3 is 2.54 bits per heavy atom. The van der Waals surface area contributed by atoms with Crippen LogP contribution < -0.4 is 5.32 Å². The van der Waals surface area contributed by atoms with E-state index >= 15 is 0 Å². The van der Waals surface area contributed by atoms with Crippen molar-refractivity contribution in [1.82, 2.24) is 10.2 Å². The van der Waals surface area contributed by atoms with Gasteiger partial charge in [-0.05, 0) is 25.7 Å². The van der Waals surface area contributed by atoms with Crippen LogP contribution in [0.2, 0.25) is 0 Å². The molecule has 1 atom stereocenters. The molecule has 0 radical (unpaired) electrons. The van der Waals surface area contributed by atoms with Crippen molar-refractivity contribution in [3.8, 4) is 0 Å². The smallest absolute Gasteiger partial charge is 0.237 e. The number of nitrogens with one attached hydrogen (secondary N) is 1. The highest BCUT2D eigenvalue weighted by molar-refractivity contribution is 5.80. The van der Waals surface area contributed by atoms with Crippen LogP contribution in [-0.4, -0.2) is 30.1 Å². The predicted molar refractivity (Wildman–Crippen MR) is 53.2 cm³/mol. The molecule has 0 aromatic heterocycles. The highest BCUT2D eigenvalue weighted by atomic mass is 16.2. The van der Waals surface area contributed by atoms with E-state index in [4.69, 9.17) is 0 Å². The molecule has 0 aliphatic carbocycles. The van der Waals surface area contributed by atoms with Crippen molar-refractivity contribution in [2.75, 3.05) is 13.2 Å². The van der Waals surface area contributed by atoms with E-state index in [1.54, 1.807) is 0 Å². The van der Waals surface area contributed by atoms with Crippen molar-refractivity contribution >= 4 is 5.91 Å². The first-order valence-corrected chi connectivity index (χ1v) is 5.11. The number of hydrogen-bond donors (Lipinski definition) is 1. The number of rotatable bonds is 4. The topological polar surface area (TPSA) is 32.3 Å². The van der Waals surface area contributed by atoms with Crippen LogP contribution in [0.1, 0.15) is 33.6 Å². The van der Waals surface area contributed by atoms with Crippen LogP contribution in [-0.2, 0) is 4.79 Å². The van der Waals surface area contributed by atoms with Gasteiger partial charge in [-0.1, -0.05) is 13.8 Å². The first-order chi connectivity index (χ1) is 6.11. The average molecular weight is 184 g/mol. The largest absolute Gasteiger partial charge is 0.326 e. The summed E-state index contributed by atoms with van der Waals surface area (Å²) in [5.41, 5.74) is 0. The number of hydrogen-bond acceptors (Lipinski definition) is 2. The third kappa shape index (κ3) is 2.99. The molecule has 1 saturated heterocycles. The maximum atomic E-state index is 11.3. The molecular formula is C10H20N2O. The molecule has 1 unspecified atom stereocenters. The highest BCUT2D eigenvalue weighted by Gasteiger charge is 2.24. The van der Waals surface area contributed by atoms with E-state index in [2.05, 4.69) is 26.1 Å². The summed E-state index contributed by atoms with van der Waals surface area (Å²) in [6, 6.07) is 0.393. The van der Waals surface area contributed by atoms with Gasteiger partial charge in [0.25, 0.3) is 0 Å². The number of carbonyl (C=O) groups is 1. The van der Waals surface area contributed by atoms with Gasteiger partial charge in [-0.25, -0.2) is 0 Å². The Morgan fingerprint density at radius 1 is 1.38 bits per heavy atom. The van der Waals surface area contributed by atoms with Crippen molar-refractivity contribution < 1.29 is 4.79 Å². The SMILES string of the molecule is CC(C)CCC(C)N1CNCC1=O. The van der Waals surface area contributed by atoms with Crippen LogP contribution in [0.5, 0.6) is 0 Å². The van der Waals surface area contributed by atoms with Crippen molar-refractivity contribution in [2.45, 2.75) is 39.7 Å². The van der Waals surface area contributed by atoms with E-state index in [9.17, 15) is 4.79 Å². The lowest BCUT2D eigenvalue weighted by Gasteiger charge is -2.23. The first-order valence-electron chi connectivity index (χ1n) is 5.11. The minimum absolute atomic E-state index is 0.247. The van der Waals surface area contributed by atoms with Crippen molar-refractivity contribution in [2.24, 2.45) is 5.92 Å². The zero-order valence-corrected chi connectivity index (χ0v) is 8.84. The molecular weight excluding hydrogens is 164 g/mol. The second kappa shape index (κ2) is 4.61. The molecule has 13 heavy (non-hydrogen) atoms. The molecule has 1 N–H and O–H groups in total. The second-order valence-corrected chi connectivity index (χ2v) is 4.27. The fourth-order valence-corrected chi connectivity index (χ4v) is 1.61. The van der Waals surface area contributed by atoms with E-state index in [0.29, 0.717) is 12.6 Å². The zero-order chi connectivity index (χ0) is 9.84. The summed E-state index contributed by atoms with van der Waals surface area (Å²) >= 11 is 0. The maximum absolute atomic E-state index is 11.3. The Morgan fingerprint density at radius 2 is 2.08 bits per heavy atom. The normalized spacial score (nSPS) is 20.0. The summed E-state index contributed by atoms with van der Waals surface area (Å²) in [5, 5.41) is 3.07. The van der Waals surface area contributed by atoms with Gasteiger partial charge in [-0.15, -0.1) is 0 Å². The van der Waals surface area contributed by atoms with Crippen molar-refractivity contribution in [3.05, 3.63) is 0 Å². The van der Waals surface area contributed by atoms with E-state index in [-0.39, 0.29) is 5.91 Å². The Bertz CT molecular complexity index is 180. The van der Waals surface area contributed by atoms with Gasteiger partial charge in [0, 0.05) is 6.04 Å². The molecule has 0 bridgehead atoms. The van der Waals surface area contributed by atoms with Gasteiger partial charge >= 0.3 is 0 Å². The van der Waals surface area contributed by atoms with Crippen LogP contribution in [0.15, 0.2) is 0 Å². The standard InChI is InChI=1S/C10H20N2O/c1-8(2)4-5-9(3)12-7-11-6-10(12)13/h8-9,11H,4-7H2,1-3H3. The zero-order valence-electron chi connectivity index (χ0n) is 8.84. The quantitative estimate of drug-likeness (QED) is 0.712. The van der Waals surface area contributed by atoms with E-state index in [0.717, 1.165) is 19.0 Å². The Labute approximate surface area is 80.5 Å². The molecule has 0 aromatic rings. The van der Waals surface area contributed by atoms with E-state index in [1.807, 2.05) is 4.90 Å². The van der Waals surface area contributed by atoms with Gasteiger partial charge in [0.15, 0.2) is 0 Å². The van der Waals surface area contributed by atoms with Crippen LogP contribution in [0.25, 0.3) is 0 Å². The summed E-state index contributed by atoms with van der Waals surface area (Å²) < 4.78 is 0. The Hall–Kier alpha value is -0.570. The lowest BCUT2D eigenvalue weighted by molar-refractivity contribution is -0.128. The van der Waals surface area contributed by atoms with Crippen LogP contribution in [0.4, 0.5) is 0 Å². The summed E-state index contributed by atoms with van der Waals surface area (Å²) in [6.07, 6.45) is 2.32. The van der Waals surface area contributed by atoms with Gasteiger partial charge in [0.05, 0.1) is 13.2 Å². The van der Waals surface area contributed by atoms with Crippen LogP contribution in [0, 0.1) is 5.92 Å². The predicted octanol–water partition coefficient (Wildman–Crippen LogP) is 1.20. The van der Waals surface area contributed by atoms with E-state index < -0.39 is 0 Å². The molecule has 3 heteroatoms. The van der Waals surface area contributed by atoms with Gasteiger partial charge in [0.1, 0.15) is 0 Å². The van der Waals surface area contributed by atoms with Crippen LogP contribution in [0.3, 0.4) is 0 Å². The van der Waals surface area contributed by atoms with E-state index in [1.165, 1.54) is 6.42 Å². The molecule has 1 heterocycles. The minimum atomic E-state index is 0.247. The number of amides is 1. The van der Waals surface area contributed by atoms with Crippen LogP contribution >= 0.6 is 0 Å². The molecule has 1 fully saturated rings. The van der Waals surface area contributed by atoms with Crippen molar-refractivity contribution in [1.29, 1.82) is 0 Å². The summed E-state index contributed by atoms with van der Waals surface area (Å²) in [4.78, 5) is 13.3. The third-order valence-electron chi connectivity index (χ3n) is 2.57. The summed E-state index contributed by atoms with van der Waals surface area (Å²) in [7, 11) is 0. The molecule has 0 spiro atoms. The lowest BCUT2D eigenvalue weighted by Crippen LogP contribution is -2.35. The van der Waals surface area contributed by atoms with Gasteiger partial charge in [-0.3, -0.25) is 10.1 Å². The van der Waals surface area contributed by atoms with Gasteiger partial charge < -0.3 is 4.90 Å². The molecule has 3 nitrogen and oxygen atoms in total. The second-order valence-electron chi connectivity index (χ2n) is 4.27. The molecule has 1 amide bonds. The monoisotopic (exact) mass is 184 g/mol. The van der Waals surface area contributed by atoms with Crippen molar-refractivity contribution in [3.63, 3.8) is 0 Å². The number of carbonyl (C=O) groups excluding carboxylic acids is 1. The molecule has 1 rings (SSSR count). The molecule has 1 aliphatic heterocycles. The third-order valence-corrected chi connectivity index (χ3v) is 2.57. The fraction of sp³-hybridized carbons (Fsp3) is 0.900. The molecule has 0 saturated carbocycles. The molecule has 76 valence electrons. The maximum Gasteiger partial charge on any atom is 0.237 e. The summed E-state index contributed by atoms with van der Waals surface area (Å²) in [5.74, 6) is 0.976. The number of nitrogens with zero attached hydrogens (tertiary/aromatic N) is 1. The summed E-state index contributed by atoms with van der Waals surface area (Å²) in [6.45, 7) is 7.82. The average Bonchev–Trinajstić information content (AvgIpc) is 2.47.